The molecular weight excluding hydrogens is 311 g/mol. The number of hydrogen-bond acceptors (Lipinski definition) is 5. The molecule has 1 aromatic heterocycles. The van der Waals surface area contributed by atoms with Gasteiger partial charge in [-0.3, -0.25) is 0 Å². The van der Waals surface area contributed by atoms with Crippen LogP contribution in [0, 0.1) is 12.7 Å². The Morgan fingerprint density at radius 3 is 2.71 bits per heavy atom. The second kappa shape index (κ2) is 8.66. The number of urea groups is 1. The first-order valence-corrected chi connectivity index (χ1v) is 7.71. The fourth-order valence-electron chi connectivity index (χ4n) is 2.00. The molecule has 0 unspecified atom stereocenters. The molecule has 0 saturated heterocycles. The van der Waals surface area contributed by atoms with Crippen molar-refractivity contribution in [2.75, 3.05) is 35.6 Å². The number of benzene rings is 1. The third-order valence-corrected chi connectivity index (χ3v) is 3.03. The minimum Gasteiger partial charge on any atom is -0.370 e. The van der Waals surface area contributed by atoms with Gasteiger partial charge in [-0.1, -0.05) is 12.1 Å². The lowest BCUT2D eigenvalue weighted by Gasteiger charge is -2.10. The lowest BCUT2D eigenvalue weighted by atomic mass is 10.3. The molecule has 128 valence electrons. The third-order valence-electron chi connectivity index (χ3n) is 3.03. The first-order valence-electron chi connectivity index (χ1n) is 7.71. The van der Waals surface area contributed by atoms with Crippen LogP contribution < -0.4 is 21.3 Å². The molecular formula is C16H21FN6O. The Hall–Kier alpha value is -2.90. The van der Waals surface area contributed by atoms with Crippen LogP contribution in [0.4, 0.5) is 26.6 Å². The Morgan fingerprint density at radius 1 is 1.17 bits per heavy atom. The van der Waals surface area contributed by atoms with Crippen LogP contribution in [0.1, 0.15) is 12.6 Å². The van der Waals surface area contributed by atoms with Crippen LogP contribution in [-0.4, -0.2) is 35.6 Å². The lowest BCUT2D eigenvalue weighted by molar-refractivity contribution is 0.252. The van der Waals surface area contributed by atoms with Crippen LogP contribution in [0.2, 0.25) is 0 Å². The van der Waals surface area contributed by atoms with Gasteiger partial charge in [0, 0.05) is 31.4 Å². The number of aromatic nitrogens is 2. The maximum Gasteiger partial charge on any atom is 0.319 e. The predicted octanol–water partition coefficient (Wildman–Crippen LogP) is 2.59. The van der Waals surface area contributed by atoms with E-state index in [1.54, 1.807) is 12.1 Å². The summed E-state index contributed by atoms with van der Waals surface area (Å²) in [5.74, 6) is 0.759. The highest BCUT2D eigenvalue weighted by Crippen LogP contribution is 2.12. The highest BCUT2D eigenvalue weighted by atomic mass is 19.1. The fraction of sp³-hybridized carbons (Fsp3) is 0.312. The van der Waals surface area contributed by atoms with E-state index in [0.717, 1.165) is 18.1 Å². The zero-order valence-corrected chi connectivity index (χ0v) is 13.7. The number of carbonyl (C=O) groups excluding carboxylic acids is 1. The summed E-state index contributed by atoms with van der Waals surface area (Å²) in [5, 5.41) is 11.2. The van der Waals surface area contributed by atoms with E-state index in [9.17, 15) is 9.18 Å². The van der Waals surface area contributed by atoms with E-state index >= 15 is 0 Å². The Balaban J connectivity index is 1.76. The molecule has 24 heavy (non-hydrogen) atoms. The Morgan fingerprint density at radius 2 is 1.96 bits per heavy atom. The van der Waals surface area contributed by atoms with Gasteiger partial charge in [0.1, 0.15) is 11.6 Å². The van der Waals surface area contributed by atoms with Crippen LogP contribution in [0.25, 0.3) is 0 Å². The van der Waals surface area contributed by atoms with E-state index in [1.807, 2.05) is 19.9 Å². The van der Waals surface area contributed by atoms with Crippen molar-refractivity contribution in [1.82, 2.24) is 15.3 Å². The molecule has 0 bridgehead atoms. The molecule has 8 heteroatoms. The molecule has 1 heterocycles. The van der Waals surface area contributed by atoms with Crippen LogP contribution >= 0.6 is 0 Å². The van der Waals surface area contributed by atoms with Gasteiger partial charge in [0.05, 0.1) is 5.69 Å². The molecule has 0 saturated carbocycles. The van der Waals surface area contributed by atoms with Gasteiger partial charge in [-0.15, -0.1) is 0 Å². The molecule has 0 radical (unpaired) electrons. The molecule has 0 atom stereocenters. The molecule has 0 spiro atoms. The first kappa shape index (κ1) is 17.5. The molecule has 2 rings (SSSR count). The molecule has 0 fully saturated rings. The Kier molecular flexibility index (Phi) is 6.30. The summed E-state index contributed by atoms with van der Waals surface area (Å²) < 4.78 is 13.4. The predicted molar refractivity (Wildman–Crippen MR) is 92.8 cm³/mol. The van der Waals surface area contributed by atoms with Gasteiger partial charge in [-0.25, -0.2) is 14.2 Å². The molecule has 1 aromatic carbocycles. The number of nitrogens with zero attached hydrogens (tertiary/aromatic N) is 2. The number of rotatable bonds is 7. The van der Waals surface area contributed by atoms with Gasteiger partial charge in [0.2, 0.25) is 5.95 Å². The van der Waals surface area contributed by atoms with E-state index in [0.29, 0.717) is 19.0 Å². The van der Waals surface area contributed by atoms with Crippen LogP contribution in [0.15, 0.2) is 30.3 Å². The second-order valence-corrected chi connectivity index (χ2v) is 5.04. The quantitative estimate of drug-likeness (QED) is 0.585. The number of nitrogens with one attached hydrogen (secondary N) is 4. The minimum atomic E-state index is -0.477. The topological polar surface area (TPSA) is 91.0 Å². The number of halogens is 1. The van der Waals surface area contributed by atoms with Crippen molar-refractivity contribution < 1.29 is 9.18 Å². The summed E-state index contributed by atoms with van der Waals surface area (Å²) in [5.41, 5.74) is 0.981. The van der Waals surface area contributed by atoms with Crippen molar-refractivity contribution in [3.05, 3.63) is 41.8 Å². The summed E-state index contributed by atoms with van der Waals surface area (Å²) >= 11 is 0. The SMILES string of the molecule is CCNc1cc(C)nc(NCCNC(=O)Nc2ccccc2F)n1. The smallest absolute Gasteiger partial charge is 0.319 e. The lowest BCUT2D eigenvalue weighted by Crippen LogP contribution is -2.33. The average molecular weight is 332 g/mol. The summed E-state index contributed by atoms with van der Waals surface area (Å²) in [6, 6.07) is 7.38. The number of amides is 2. The highest BCUT2D eigenvalue weighted by molar-refractivity contribution is 5.89. The Bertz CT molecular complexity index is 694. The summed E-state index contributed by atoms with van der Waals surface area (Å²) in [7, 11) is 0. The first-order chi connectivity index (χ1) is 11.6. The standard InChI is InChI=1S/C16H21FN6O/c1-3-18-14-10-11(2)21-15(23-14)19-8-9-20-16(24)22-13-7-5-4-6-12(13)17/h4-7,10H,3,8-9H2,1-2H3,(H2,20,22,24)(H2,18,19,21,23). The van der Waals surface area contributed by atoms with Crippen molar-refractivity contribution in [2.45, 2.75) is 13.8 Å². The van der Waals surface area contributed by atoms with Crippen LogP contribution in [-0.2, 0) is 0 Å². The second-order valence-electron chi connectivity index (χ2n) is 5.04. The molecule has 0 aliphatic heterocycles. The van der Waals surface area contributed by atoms with Gasteiger partial charge in [-0.2, -0.15) is 4.98 Å². The largest absolute Gasteiger partial charge is 0.370 e. The maximum absolute atomic E-state index is 13.4. The van der Waals surface area contributed by atoms with E-state index in [-0.39, 0.29) is 5.69 Å². The van der Waals surface area contributed by atoms with Gasteiger partial charge in [0.25, 0.3) is 0 Å². The van der Waals surface area contributed by atoms with Crippen LogP contribution in [0.5, 0.6) is 0 Å². The van der Waals surface area contributed by atoms with E-state index in [2.05, 4.69) is 31.2 Å². The highest BCUT2D eigenvalue weighted by Gasteiger charge is 2.05. The normalized spacial score (nSPS) is 10.1. The van der Waals surface area contributed by atoms with Crippen molar-refractivity contribution in [1.29, 1.82) is 0 Å². The van der Waals surface area contributed by atoms with Crippen LogP contribution in [0.3, 0.4) is 0 Å². The van der Waals surface area contributed by atoms with E-state index in [4.69, 9.17) is 0 Å². The van der Waals surface area contributed by atoms with E-state index in [1.165, 1.54) is 12.1 Å². The molecule has 0 aliphatic carbocycles. The van der Waals surface area contributed by atoms with Gasteiger partial charge in [0.15, 0.2) is 0 Å². The van der Waals surface area contributed by atoms with Crippen molar-refractivity contribution in [3.8, 4) is 0 Å². The van der Waals surface area contributed by atoms with Crippen molar-refractivity contribution in [3.63, 3.8) is 0 Å². The summed E-state index contributed by atoms with van der Waals surface area (Å²) in [6.07, 6.45) is 0. The Labute approximate surface area is 140 Å². The zero-order valence-electron chi connectivity index (χ0n) is 13.7. The van der Waals surface area contributed by atoms with Crippen molar-refractivity contribution >= 4 is 23.5 Å². The molecule has 2 aromatic rings. The molecule has 0 aliphatic rings. The summed E-state index contributed by atoms with van der Waals surface area (Å²) in [6.45, 7) is 5.43. The van der Waals surface area contributed by atoms with Gasteiger partial charge in [-0.05, 0) is 26.0 Å². The monoisotopic (exact) mass is 332 g/mol. The fourth-order valence-corrected chi connectivity index (χ4v) is 2.00. The number of carbonyl (C=O) groups is 1. The third kappa shape index (κ3) is 5.38. The van der Waals surface area contributed by atoms with Gasteiger partial charge < -0.3 is 21.3 Å². The molecule has 7 nitrogen and oxygen atoms in total. The minimum absolute atomic E-state index is 0.139. The zero-order chi connectivity index (χ0) is 17.4. The average Bonchev–Trinajstić information content (AvgIpc) is 2.54. The van der Waals surface area contributed by atoms with Gasteiger partial charge >= 0.3 is 6.03 Å². The van der Waals surface area contributed by atoms with E-state index < -0.39 is 11.8 Å². The number of para-hydroxylation sites is 1. The summed E-state index contributed by atoms with van der Waals surface area (Å²) in [4.78, 5) is 20.3. The molecule has 4 N–H and O–H groups in total. The number of hydrogen-bond donors (Lipinski definition) is 4. The van der Waals surface area contributed by atoms with Crippen molar-refractivity contribution in [2.24, 2.45) is 0 Å². The number of aryl methyl sites for hydroxylation is 1. The maximum atomic E-state index is 13.4. The number of anilines is 3. The molecule has 2 amide bonds.